The topological polar surface area (TPSA) is 54.5 Å². The molecule has 0 atom stereocenters. The van der Waals surface area contributed by atoms with Gasteiger partial charge >= 0.3 is 0 Å². The summed E-state index contributed by atoms with van der Waals surface area (Å²) in [4.78, 5) is 13.2. The predicted octanol–water partition coefficient (Wildman–Crippen LogP) is 2.93. The molecule has 0 unspecified atom stereocenters. The molecule has 4 nitrogen and oxygen atoms in total. The van der Waals surface area contributed by atoms with Crippen LogP contribution in [-0.2, 0) is 9.05 Å². The zero-order chi connectivity index (χ0) is 15.5. The highest BCUT2D eigenvalue weighted by Gasteiger charge is 2.22. The van der Waals surface area contributed by atoms with Crippen molar-refractivity contribution in [3.05, 3.63) is 29.1 Å². The Hall–Kier alpha value is -1.14. The van der Waals surface area contributed by atoms with Crippen molar-refractivity contribution in [2.75, 3.05) is 13.6 Å². The van der Waals surface area contributed by atoms with Crippen molar-refractivity contribution in [1.82, 2.24) is 4.90 Å². The molecule has 1 amide bonds. The van der Waals surface area contributed by atoms with Crippen LogP contribution >= 0.6 is 10.7 Å². The van der Waals surface area contributed by atoms with Crippen LogP contribution in [0, 0.1) is 12.7 Å². The van der Waals surface area contributed by atoms with Gasteiger partial charge in [0.25, 0.3) is 15.0 Å². The summed E-state index contributed by atoms with van der Waals surface area (Å²) in [5.74, 6) is -1.31. The molecule has 20 heavy (non-hydrogen) atoms. The molecule has 0 radical (unpaired) electrons. The maximum atomic E-state index is 13.9. The molecule has 0 fully saturated rings. The first-order valence-electron chi connectivity index (χ1n) is 6.18. The van der Waals surface area contributed by atoms with Gasteiger partial charge < -0.3 is 4.90 Å². The second-order valence-electron chi connectivity index (χ2n) is 4.62. The molecule has 1 aromatic carbocycles. The summed E-state index contributed by atoms with van der Waals surface area (Å²) in [6.07, 6.45) is 1.69. The normalized spacial score (nSPS) is 11.4. The van der Waals surface area contributed by atoms with E-state index in [9.17, 15) is 17.6 Å². The van der Waals surface area contributed by atoms with Gasteiger partial charge in [0, 0.05) is 24.3 Å². The van der Waals surface area contributed by atoms with E-state index >= 15 is 0 Å². The van der Waals surface area contributed by atoms with E-state index < -0.39 is 20.8 Å². The second kappa shape index (κ2) is 6.54. The molecular weight excluding hydrogens is 305 g/mol. The third kappa shape index (κ3) is 3.93. The number of carbonyl (C=O) groups excluding carboxylic acids is 1. The molecule has 7 heteroatoms. The SMILES string of the molecule is CCCCN(C)C(=O)c1cc(S(=O)(=O)Cl)c(C)cc1F. The average molecular weight is 322 g/mol. The van der Waals surface area contributed by atoms with Crippen molar-refractivity contribution in [3.8, 4) is 0 Å². The van der Waals surface area contributed by atoms with Crippen LogP contribution in [0.15, 0.2) is 17.0 Å². The summed E-state index contributed by atoms with van der Waals surface area (Å²) < 4.78 is 36.7. The highest BCUT2D eigenvalue weighted by Crippen LogP contribution is 2.24. The van der Waals surface area contributed by atoms with Gasteiger partial charge in [0.2, 0.25) is 0 Å². The van der Waals surface area contributed by atoms with Crippen molar-refractivity contribution in [2.45, 2.75) is 31.6 Å². The van der Waals surface area contributed by atoms with Crippen molar-refractivity contribution >= 4 is 25.6 Å². The zero-order valence-electron chi connectivity index (χ0n) is 11.6. The number of amides is 1. The third-order valence-corrected chi connectivity index (χ3v) is 4.42. The molecule has 0 heterocycles. The highest BCUT2D eigenvalue weighted by atomic mass is 35.7. The van der Waals surface area contributed by atoms with Crippen LogP contribution in [0.5, 0.6) is 0 Å². The molecule has 0 spiro atoms. The monoisotopic (exact) mass is 321 g/mol. The summed E-state index contributed by atoms with van der Waals surface area (Å²) in [7, 11) is 2.81. The minimum Gasteiger partial charge on any atom is -0.342 e. The fraction of sp³-hybridized carbons (Fsp3) is 0.462. The van der Waals surface area contributed by atoms with E-state index in [2.05, 4.69) is 0 Å². The fourth-order valence-corrected chi connectivity index (χ4v) is 2.98. The molecule has 0 bridgehead atoms. The Balaban J connectivity index is 3.22. The lowest BCUT2D eigenvalue weighted by Gasteiger charge is -2.18. The average Bonchev–Trinajstić information content (AvgIpc) is 2.33. The smallest absolute Gasteiger partial charge is 0.261 e. The van der Waals surface area contributed by atoms with Crippen LogP contribution in [0.3, 0.4) is 0 Å². The van der Waals surface area contributed by atoms with Crippen LogP contribution < -0.4 is 0 Å². The fourth-order valence-electron chi connectivity index (χ4n) is 1.78. The van der Waals surface area contributed by atoms with Gasteiger partial charge in [-0.3, -0.25) is 4.79 Å². The number of rotatable bonds is 5. The van der Waals surface area contributed by atoms with Crippen LogP contribution in [0.25, 0.3) is 0 Å². The van der Waals surface area contributed by atoms with Crippen molar-refractivity contribution in [3.63, 3.8) is 0 Å². The lowest BCUT2D eigenvalue weighted by atomic mass is 10.1. The minimum atomic E-state index is -4.01. The summed E-state index contributed by atoms with van der Waals surface area (Å²) >= 11 is 0. The van der Waals surface area contributed by atoms with Gasteiger partial charge in [-0.1, -0.05) is 13.3 Å². The first kappa shape index (κ1) is 16.9. The Morgan fingerprint density at radius 3 is 2.50 bits per heavy atom. The van der Waals surface area contributed by atoms with E-state index in [1.54, 1.807) is 7.05 Å². The summed E-state index contributed by atoms with van der Waals surface area (Å²) in [6.45, 7) is 3.88. The van der Waals surface area contributed by atoms with E-state index in [-0.39, 0.29) is 16.0 Å². The van der Waals surface area contributed by atoms with E-state index in [0.29, 0.717) is 6.54 Å². The number of hydrogen-bond acceptors (Lipinski definition) is 3. The van der Waals surface area contributed by atoms with E-state index in [1.807, 2.05) is 6.92 Å². The van der Waals surface area contributed by atoms with Crippen LogP contribution in [-0.4, -0.2) is 32.8 Å². The number of benzene rings is 1. The van der Waals surface area contributed by atoms with Crippen molar-refractivity contribution in [2.24, 2.45) is 0 Å². The number of halogens is 2. The molecule has 0 aliphatic rings. The summed E-state index contributed by atoms with van der Waals surface area (Å²) in [6, 6.07) is 2.01. The largest absolute Gasteiger partial charge is 0.342 e. The van der Waals surface area contributed by atoms with E-state index in [0.717, 1.165) is 25.0 Å². The third-order valence-electron chi connectivity index (χ3n) is 2.95. The van der Waals surface area contributed by atoms with Gasteiger partial charge in [-0.2, -0.15) is 0 Å². The Bertz CT molecular complexity index is 616. The van der Waals surface area contributed by atoms with Crippen LogP contribution in [0.4, 0.5) is 4.39 Å². The predicted molar refractivity (Wildman–Crippen MR) is 76.0 cm³/mol. The number of nitrogens with zero attached hydrogens (tertiary/aromatic N) is 1. The van der Waals surface area contributed by atoms with Gasteiger partial charge in [0.05, 0.1) is 10.5 Å². The Morgan fingerprint density at radius 2 is 2.00 bits per heavy atom. The Morgan fingerprint density at radius 1 is 1.40 bits per heavy atom. The van der Waals surface area contributed by atoms with Gasteiger partial charge in [-0.05, 0) is 31.0 Å². The zero-order valence-corrected chi connectivity index (χ0v) is 13.2. The molecule has 1 aromatic rings. The van der Waals surface area contributed by atoms with Gasteiger partial charge in [-0.15, -0.1) is 0 Å². The van der Waals surface area contributed by atoms with E-state index in [4.69, 9.17) is 10.7 Å². The second-order valence-corrected chi connectivity index (χ2v) is 7.15. The first-order chi connectivity index (χ1) is 9.18. The van der Waals surface area contributed by atoms with Crippen molar-refractivity contribution in [1.29, 1.82) is 0 Å². The quantitative estimate of drug-likeness (QED) is 0.783. The number of carbonyl (C=O) groups is 1. The van der Waals surface area contributed by atoms with Gasteiger partial charge in [0.1, 0.15) is 5.82 Å². The van der Waals surface area contributed by atoms with Crippen LogP contribution in [0.1, 0.15) is 35.7 Å². The molecule has 0 aromatic heterocycles. The lowest BCUT2D eigenvalue weighted by molar-refractivity contribution is 0.0788. The van der Waals surface area contributed by atoms with Gasteiger partial charge in [0.15, 0.2) is 0 Å². The van der Waals surface area contributed by atoms with Crippen molar-refractivity contribution < 1.29 is 17.6 Å². The summed E-state index contributed by atoms with van der Waals surface area (Å²) in [5.41, 5.74) is -0.112. The molecule has 0 saturated heterocycles. The molecule has 112 valence electrons. The maximum absolute atomic E-state index is 13.9. The Labute approximate surface area is 123 Å². The standard InChI is InChI=1S/C13H17ClFNO3S/c1-4-5-6-16(3)13(17)10-8-12(20(14,18)19)9(2)7-11(10)15/h7-8H,4-6H2,1-3H3. The number of hydrogen-bond donors (Lipinski definition) is 0. The highest BCUT2D eigenvalue weighted by molar-refractivity contribution is 8.13. The molecule has 1 rings (SSSR count). The molecule has 0 aliphatic carbocycles. The Kier molecular flexibility index (Phi) is 5.53. The minimum absolute atomic E-state index is 0.172. The van der Waals surface area contributed by atoms with E-state index in [1.165, 1.54) is 11.8 Å². The van der Waals surface area contributed by atoms with Gasteiger partial charge in [-0.25, -0.2) is 12.8 Å². The van der Waals surface area contributed by atoms with Crippen LogP contribution in [0.2, 0.25) is 0 Å². The molecule has 0 N–H and O–H groups in total. The first-order valence-corrected chi connectivity index (χ1v) is 8.49. The number of unbranched alkanes of at least 4 members (excludes halogenated alkanes) is 1. The lowest BCUT2D eigenvalue weighted by Crippen LogP contribution is -2.28. The maximum Gasteiger partial charge on any atom is 0.261 e. The number of aryl methyl sites for hydroxylation is 1. The molecule has 0 saturated carbocycles. The molecular formula is C13H17ClFNO3S. The summed E-state index contributed by atoms with van der Waals surface area (Å²) in [5, 5.41) is 0. The molecule has 0 aliphatic heterocycles.